The minimum absolute atomic E-state index is 0.108. The van der Waals surface area contributed by atoms with Gasteiger partial charge in [0, 0.05) is 11.0 Å². The van der Waals surface area contributed by atoms with Gasteiger partial charge in [-0.1, -0.05) is 17.4 Å². The molecule has 0 aliphatic carbocycles. The number of esters is 1. The predicted molar refractivity (Wildman–Crippen MR) is 95.7 cm³/mol. The number of thiazole rings is 1. The van der Waals surface area contributed by atoms with Crippen LogP contribution in [0.15, 0.2) is 46.8 Å². The molecule has 0 bridgehead atoms. The third-order valence-corrected chi connectivity index (χ3v) is 5.18. The number of carbonyl (C=O) groups is 2. The van der Waals surface area contributed by atoms with Crippen LogP contribution >= 0.6 is 22.7 Å². The molecular formula is C17H13FN2O3S2. The number of thiophene rings is 1. The van der Waals surface area contributed by atoms with E-state index < -0.39 is 17.7 Å². The molecule has 0 N–H and O–H groups in total. The van der Waals surface area contributed by atoms with Gasteiger partial charge in [0.15, 0.2) is 4.80 Å². The second-order valence-electron chi connectivity index (χ2n) is 4.96. The molecule has 2 heterocycles. The Hall–Kier alpha value is -2.58. The number of hydrogen-bond donors (Lipinski definition) is 0. The molecule has 0 spiro atoms. The zero-order chi connectivity index (χ0) is 17.8. The van der Waals surface area contributed by atoms with Crippen LogP contribution in [0.2, 0.25) is 0 Å². The van der Waals surface area contributed by atoms with Gasteiger partial charge in [0.2, 0.25) is 0 Å². The van der Waals surface area contributed by atoms with Gasteiger partial charge in [-0.05, 0) is 35.7 Å². The zero-order valence-corrected chi connectivity index (χ0v) is 14.8. The number of amides is 1. The van der Waals surface area contributed by atoms with Crippen molar-refractivity contribution in [1.29, 1.82) is 0 Å². The van der Waals surface area contributed by atoms with E-state index in [4.69, 9.17) is 0 Å². The molecule has 0 radical (unpaired) electrons. The van der Waals surface area contributed by atoms with Crippen LogP contribution in [0, 0.1) is 5.82 Å². The van der Waals surface area contributed by atoms with Gasteiger partial charge in [0.05, 0.1) is 17.3 Å². The molecule has 25 heavy (non-hydrogen) atoms. The SMILES string of the molecule is COC(=O)Cn1c(=NC(=O)/C=C/c2cccs2)sc2cc(F)ccc21. The molecule has 3 rings (SSSR count). The van der Waals surface area contributed by atoms with Crippen molar-refractivity contribution in [3.05, 3.63) is 57.3 Å². The van der Waals surface area contributed by atoms with Crippen molar-refractivity contribution < 1.29 is 18.7 Å². The number of nitrogens with zero attached hydrogens (tertiary/aromatic N) is 2. The Balaban J connectivity index is 2.02. The summed E-state index contributed by atoms with van der Waals surface area (Å²) in [5.74, 6) is -1.33. The molecule has 0 unspecified atom stereocenters. The van der Waals surface area contributed by atoms with Crippen molar-refractivity contribution in [2.24, 2.45) is 4.99 Å². The summed E-state index contributed by atoms with van der Waals surface area (Å²) >= 11 is 2.64. The summed E-state index contributed by atoms with van der Waals surface area (Å²) in [6.45, 7) is -0.108. The quantitative estimate of drug-likeness (QED) is 0.519. The monoisotopic (exact) mass is 376 g/mol. The maximum atomic E-state index is 13.4. The van der Waals surface area contributed by atoms with Gasteiger partial charge in [-0.2, -0.15) is 4.99 Å². The van der Waals surface area contributed by atoms with Crippen molar-refractivity contribution >= 4 is 50.8 Å². The molecule has 128 valence electrons. The van der Waals surface area contributed by atoms with Gasteiger partial charge in [0.1, 0.15) is 12.4 Å². The Morgan fingerprint density at radius 1 is 1.36 bits per heavy atom. The molecule has 0 saturated carbocycles. The molecule has 0 aliphatic heterocycles. The molecule has 3 aromatic rings. The highest BCUT2D eigenvalue weighted by molar-refractivity contribution is 7.16. The average Bonchev–Trinajstić information content (AvgIpc) is 3.21. The van der Waals surface area contributed by atoms with Crippen LogP contribution in [0.3, 0.4) is 0 Å². The van der Waals surface area contributed by atoms with Gasteiger partial charge in [0.25, 0.3) is 5.91 Å². The number of aromatic nitrogens is 1. The van der Waals surface area contributed by atoms with E-state index in [9.17, 15) is 14.0 Å². The van der Waals surface area contributed by atoms with E-state index in [0.717, 1.165) is 16.2 Å². The van der Waals surface area contributed by atoms with E-state index in [1.54, 1.807) is 16.7 Å². The number of ether oxygens (including phenoxy) is 1. The van der Waals surface area contributed by atoms with Gasteiger partial charge in [-0.3, -0.25) is 9.59 Å². The molecule has 2 aromatic heterocycles. The first-order valence-corrected chi connectivity index (χ1v) is 8.92. The lowest BCUT2D eigenvalue weighted by Crippen LogP contribution is -2.22. The Kier molecular flexibility index (Phi) is 5.20. The van der Waals surface area contributed by atoms with E-state index in [1.807, 2.05) is 17.5 Å². The van der Waals surface area contributed by atoms with Crippen molar-refractivity contribution in [2.75, 3.05) is 7.11 Å². The fraction of sp³-hybridized carbons (Fsp3) is 0.118. The molecule has 8 heteroatoms. The minimum atomic E-state index is -0.480. The normalized spacial score (nSPS) is 12.2. The van der Waals surface area contributed by atoms with Crippen molar-refractivity contribution in [3.63, 3.8) is 0 Å². The highest BCUT2D eigenvalue weighted by Gasteiger charge is 2.12. The van der Waals surface area contributed by atoms with E-state index in [-0.39, 0.29) is 6.54 Å². The number of fused-ring (bicyclic) bond motifs is 1. The number of halogens is 1. The lowest BCUT2D eigenvalue weighted by molar-refractivity contribution is -0.141. The minimum Gasteiger partial charge on any atom is -0.468 e. The third kappa shape index (κ3) is 4.09. The Morgan fingerprint density at radius 2 is 2.20 bits per heavy atom. The van der Waals surface area contributed by atoms with Crippen LogP contribution in [0.1, 0.15) is 4.88 Å². The number of hydrogen-bond acceptors (Lipinski definition) is 5. The number of methoxy groups -OCH3 is 1. The number of carbonyl (C=O) groups excluding carboxylic acids is 2. The predicted octanol–water partition coefficient (Wildman–Crippen LogP) is 3.22. The first-order chi connectivity index (χ1) is 12.1. The van der Waals surface area contributed by atoms with E-state index in [0.29, 0.717) is 15.0 Å². The highest BCUT2D eigenvalue weighted by atomic mass is 32.1. The first-order valence-electron chi connectivity index (χ1n) is 7.23. The third-order valence-electron chi connectivity index (χ3n) is 3.30. The van der Waals surface area contributed by atoms with Gasteiger partial charge in [-0.25, -0.2) is 4.39 Å². The van der Waals surface area contributed by atoms with E-state index >= 15 is 0 Å². The molecule has 1 aromatic carbocycles. The van der Waals surface area contributed by atoms with Crippen LogP contribution in [0.5, 0.6) is 0 Å². The second kappa shape index (κ2) is 7.54. The maximum Gasteiger partial charge on any atom is 0.325 e. The Labute approximate surface area is 150 Å². The lowest BCUT2D eigenvalue weighted by Gasteiger charge is -2.03. The standard InChI is InChI=1S/C17H13FN2O3S2/c1-23-16(22)10-20-13-6-4-11(18)9-14(13)25-17(20)19-15(21)7-5-12-3-2-8-24-12/h2-9H,10H2,1H3/b7-5+,19-17?. The topological polar surface area (TPSA) is 60.7 Å². The number of rotatable bonds is 4. The molecule has 0 saturated heterocycles. The molecule has 0 atom stereocenters. The summed E-state index contributed by atoms with van der Waals surface area (Å²) < 4.78 is 20.3. The van der Waals surface area contributed by atoms with Crippen LogP contribution < -0.4 is 4.80 Å². The fourth-order valence-electron chi connectivity index (χ4n) is 2.15. The molecule has 5 nitrogen and oxygen atoms in total. The summed E-state index contributed by atoms with van der Waals surface area (Å²) in [5, 5.41) is 1.91. The average molecular weight is 376 g/mol. The van der Waals surface area contributed by atoms with Crippen LogP contribution in [-0.2, 0) is 20.9 Å². The van der Waals surface area contributed by atoms with Gasteiger partial charge >= 0.3 is 5.97 Å². The molecular weight excluding hydrogens is 363 g/mol. The highest BCUT2D eigenvalue weighted by Crippen LogP contribution is 2.19. The number of benzene rings is 1. The Morgan fingerprint density at radius 3 is 2.92 bits per heavy atom. The van der Waals surface area contributed by atoms with Crippen molar-refractivity contribution in [3.8, 4) is 0 Å². The smallest absolute Gasteiger partial charge is 0.325 e. The lowest BCUT2D eigenvalue weighted by atomic mass is 10.3. The summed E-state index contributed by atoms with van der Waals surface area (Å²) in [6, 6.07) is 7.96. The summed E-state index contributed by atoms with van der Waals surface area (Å²) in [5.41, 5.74) is 0.616. The van der Waals surface area contributed by atoms with Crippen LogP contribution in [0.4, 0.5) is 4.39 Å². The van der Waals surface area contributed by atoms with Gasteiger partial charge < -0.3 is 9.30 Å². The van der Waals surface area contributed by atoms with Crippen molar-refractivity contribution in [2.45, 2.75) is 6.54 Å². The molecule has 0 fully saturated rings. The summed E-state index contributed by atoms with van der Waals surface area (Å²) in [4.78, 5) is 29.1. The maximum absolute atomic E-state index is 13.4. The summed E-state index contributed by atoms with van der Waals surface area (Å²) in [7, 11) is 1.28. The second-order valence-corrected chi connectivity index (χ2v) is 6.95. The largest absolute Gasteiger partial charge is 0.468 e. The fourth-order valence-corrected chi connectivity index (χ4v) is 3.83. The van der Waals surface area contributed by atoms with Crippen molar-refractivity contribution in [1.82, 2.24) is 4.57 Å². The Bertz CT molecular complexity index is 1020. The van der Waals surface area contributed by atoms with Crippen LogP contribution in [-0.4, -0.2) is 23.6 Å². The van der Waals surface area contributed by atoms with E-state index in [1.165, 1.54) is 36.7 Å². The van der Waals surface area contributed by atoms with E-state index in [2.05, 4.69) is 9.73 Å². The van der Waals surface area contributed by atoms with Gasteiger partial charge in [-0.15, -0.1) is 11.3 Å². The summed E-state index contributed by atoms with van der Waals surface area (Å²) in [6.07, 6.45) is 3.04. The molecule has 1 amide bonds. The molecule has 0 aliphatic rings. The first kappa shape index (κ1) is 17.2. The van der Waals surface area contributed by atoms with Crippen LogP contribution in [0.25, 0.3) is 16.3 Å². The zero-order valence-electron chi connectivity index (χ0n) is 13.1.